The van der Waals surface area contributed by atoms with Crippen LogP contribution in [0.1, 0.15) is 27.7 Å². The molecule has 1 fully saturated rings. The first kappa shape index (κ1) is 20.2. The van der Waals surface area contributed by atoms with Gasteiger partial charge in [0.25, 0.3) is 0 Å². The van der Waals surface area contributed by atoms with Crippen molar-refractivity contribution in [3.63, 3.8) is 0 Å². The summed E-state index contributed by atoms with van der Waals surface area (Å²) in [5.74, 6) is -2.63. The van der Waals surface area contributed by atoms with Crippen LogP contribution < -0.4 is 0 Å². The zero-order valence-electron chi connectivity index (χ0n) is 13.6. The Hall–Kier alpha value is -1.87. The molecule has 1 aliphatic rings. The van der Waals surface area contributed by atoms with Crippen molar-refractivity contribution in [2.24, 2.45) is 0 Å². The van der Waals surface area contributed by atoms with E-state index in [1.807, 2.05) is 0 Å². The number of rotatable bonds is 5. The van der Waals surface area contributed by atoms with Crippen molar-refractivity contribution < 1.29 is 42.9 Å². The number of hydrogen-bond donors (Lipinski definition) is 0. The predicted molar refractivity (Wildman–Crippen MR) is 77.8 cm³/mol. The van der Waals surface area contributed by atoms with Crippen LogP contribution in [0.3, 0.4) is 0 Å². The van der Waals surface area contributed by atoms with Crippen LogP contribution in [0.15, 0.2) is 0 Å². The number of esters is 4. The molecule has 1 saturated heterocycles. The second-order valence-corrected chi connectivity index (χ2v) is 5.55. The van der Waals surface area contributed by atoms with Crippen molar-refractivity contribution in [2.45, 2.75) is 57.7 Å². The molecule has 0 aromatic heterocycles. The summed E-state index contributed by atoms with van der Waals surface area (Å²) >= 11 is 6.26. The van der Waals surface area contributed by atoms with Gasteiger partial charge in [0, 0.05) is 27.7 Å². The largest absolute Gasteiger partial charge is 0.463 e. The van der Waals surface area contributed by atoms with Crippen molar-refractivity contribution in [1.29, 1.82) is 0 Å². The van der Waals surface area contributed by atoms with Gasteiger partial charge in [0.1, 0.15) is 18.1 Å². The Kier molecular flexibility index (Phi) is 7.43. The number of carbonyl (C=O) groups excluding carboxylic acids is 4. The summed E-state index contributed by atoms with van der Waals surface area (Å²) in [6, 6.07) is 0. The quantitative estimate of drug-likeness (QED) is 0.385. The molecule has 0 aromatic carbocycles. The van der Waals surface area contributed by atoms with E-state index in [1.54, 1.807) is 0 Å². The molecule has 0 amide bonds. The van der Waals surface area contributed by atoms with E-state index in [9.17, 15) is 19.2 Å². The van der Waals surface area contributed by atoms with Gasteiger partial charge in [0.05, 0.1) is 0 Å². The summed E-state index contributed by atoms with van der Waals surface area (Å²) in [5.41, 5.74) is 0. The van der Waals surface area contributed by atoms with Gasteiger partial charge in [-0.05, 0) is 0 Å². The lowest BCUT2D eigenvalue weighted by atomic mass is 10.0. The summed E-state index contributed by atoms with van der Waals surface area (Å²) in [7, 11) is 0. The molecule has 5 atom stereocenters. The van der Waals surface area contributed by atoms with Crippen molar-refractivity contribution in [3.05, 3.63) is 0 Å². The first-order valence-electron chi connectivity index (χ1n) is 7.06. The van der Waals surface area contributed by atoms with Crippen LogP contribution in [0.4, 0.5) is 0 Å². The van der Waals surface area contributed by atoms with Gasteiger partial charge in [0.2, 0.25) is 6.29 Å². The van der Waals surface area contributed by atoms with Crippen molar-refractivity contribution in [2.75, 3.05) is 6.61 Å². The molecule has 0 aliphatic carbocycles. The molecule has 0 radical (unpaired) electrons. The van der Waals surface area contributed by atoms with Crippen LogP contribution >= 0.6 is 11.6 Å². The fraction of sp³-hybridized carbons (Fsp3) is 0.714. The number of hydrogen-bond acceptors (Lipinski definition) is 9. The molecular weight excluding hydrogens is 348 g/mol. The summed E-state index contributed by atoms with van der Waals surface area (Å²) in [6.45, 7) is 4.33. The van der Waals surface area contributed by atoms with Crippen LogP contribution in [0.5, 0.6) is 0 Å². The standard InChI is InChI=1S/C14H19ClO9/c1-6(16)20-5-10-12(21-7(2)17)11(15)13(22-8(3)18)14(24-10)23-9(4)19/h10-14H,5H2,1-4H3/t10?,11-,12+,13?,14+/m0/s1. The van der Waals surface area contributed by atoms with Crippen LogP contribution in [0.2, 0.25) is 0 Å². The third kappa shape index (κ3) is 5.97. The fourth-order valence-electron chi connectivity index (χ4n) is 2.11. The molecule has 0 N–H and O–H groups in total. The smallest absolute Gasteiger partial charge is 0.305 e. The van der Waals surface area contributed by atoms with Crippen LogP contribution in [0, 0.1) is 0 Å². The van der Waals surface area contributed by atoms with E-state index >= 15 is 0 Å². The van der Waals surface area contributed by atoms with Crippen LogP contribution in [-0.4, -0.2) is 60.5 Å². The Morgan fingerprint density at radius 2 is 1.33 bits per heavy atom. The van der Waals surface area contributed by atoms with E-state index in [-0.39, 0.29) is 6.61 Å². The van der Waals surface area contributed by atoms with E-state index in [1.165, 1.54) is 6.92 Å². The molecular formula is C14H19ClO9. The summed E-state index contributed by atoms with van der Waals surface area (Å²) in [5, 5.41) is -1.09. The average Bonchev–Trinajstić information content (AvgIpc) is 2.42. The highest BCUT2D eigenvalue weighted by Gasteiger charge is 2.50. The lowest BCUT2D eigenvalue weighted by Crippen LogP contribution is -2.60. The Morgan fingerprint density at radius 3 is 1.79 bits per heavy atom. The maximum atomic E-state index is 11.3. The van der Waals surface area contributed by atoms with Crippen LogP contribution in [-0.2, 0) is 42.9 Å². The number of ether oxygens (including phenoxy) is 5. The first-order valence-corrected chi connectivity index (χ1v) is 7.50. The number of halogens is 1. The Labute approximate surface area is 143 Å². The van der Waals surface area contributed by atoms with E-state index in [4.69, 9.17) is 35.3 Å². The average molecular weight is 367 g/mol. The van der Waals surface area contributed by atoms with E-state index in [0.717, 1.165) is 20.8 Å². The van der Waals surface area contributed by atoms with Gasteiger partial charge < -0.3 is 23.7 Å². The highest BCUT2D eigenvalue weighted by Crippen LogP contribution is 2.31. The lowest BCUT2D eigenvalue weighted by molar-refractivity contribution is -0.268. The normalized spacial score (nSPS) is 29.3. The van der Waals surface area contributed by atoms with Crippen LogP contribution in [0.25, 0.3) is 0 Å². The first-order chi connectivity index (χ1) is 11.1. The van der Waals surface area contributed by atoms with E-state index in [0.29, 0.717) is 0 Å². The minimum absolute atomic E-state index is 0.291. The third-order valence-corrected chi connectivity index (χ3v) is 3.41. The van der Waals surface area contributed by atoms with E-state index in [2.05, 4.69) is 0 Å². The Bertz CT molecular complexity index is 504. The maximum absolute atomic E-state index is 11.3. The van der Waals surface area contributed by atoms with Gasteiger partial charge in [-0.2, -0.15) is 0 Å². The highest BCUT2D eigenvalue weighted by molar-refractivity contribution is 6.21. The molecule has 1 heterocycles. The van der Waals surface area contributed by atoms with Gasteiger partial charge in [-0.3, -0.25) is 19.2 Å². The number of alkyl halides is 1. The van der Waals surface area contributed by atoms with Gasteiger partial charge in [-0.15, -0.1) is 11.6 Å². The van der Waals surface area contributed by atoms with Crippen molar-refractivity contribution in [1.82, 2.24) is 0 Å². The molecule has 24 heavy (non-hydrogen) atoms. The van der Waals surface area contributed by atoms with Gasteiger partial charge in [-0.25, -0.2) is 0 Å². The van der Waals surface area contributed by atoms with Crippen molar-refractivity contribution >= 4 is 35.5 Å². The third-order valence-electron chi connectivity index (χ3n) is 2.91. The summed E-state index contributed by atoms with van der Waals surface area (Å²) < 4.78 is 25.4. The highest BCUT2D eigenvalue weighted by atomic mass is 35.5. The maximum Gasteiger partial charge on any atom is 0.305 e. The Balaban J connectivity index is 3.04. The topological polar surface area (TPSA) is 114 Å². The SMILES string of the molecule is CC(=O)OCC1O[C@@H](OC(C)=O)C(OC(C)=O)[C@@H](Cl)[C@@H]1OC(C)=O. The van der Waals surface area contributed by atoms with Gasteiger partial charge in [0.15, 0.2) is 12.2 Å². The fourth-order valence-corrected chi connectivity index (χ4v) is 2.49. The molecule has 136 valence electrons. The van der Waals surface area contributed by atoms with E-state index < -0.39 is 53.9 Å². The summed E-state index contributed by atoms with van der Waals surface area (Å²) in [4.78, 5) is 44.8. The van der Waals surface area contributed by atoms with Gasteiger partial charge in [-0.1, -0.05) is 0 Å². The molecule has 0 spiro atoms. The minimum Gasteiger partial charge on any atom is -0.463 e. The monoisotopic (exact) mass is 366 g/mol. The molecule has 9 nitrogen and oxygen atoms in total. The second-order valence-electron chi connectivity index (χ2n) is 5.05. The lowest BCUT2D eigenvalue weighted by Gasteiger charge is -2.42. The Morgan fingerprint density at radius 1 is 0.833 bits per heavy atom. The zero-order chi connectivity index (χ0) is 18.4. The molecule has 1 aliphatic heterocycles. The number of carbonyl (C=O) groups is 4. The molecule has 2 unspecified atom stereocenters. The molecule has 0 bridgehead atoms. The zero-order valence-corrected chi connectivity index (χ0v) is 14.4. The molecule has 10 heteroatoms. The second kappa shape index (κ2) is 8.84. The molecule has 0 aromatic rings. The molecule has 1 rings (SSSR count). The predicted octanol–water partition coefficient (Wildman–Crippen LogP) is 0.308. The van der Waals surface area contributed by atoms with Gasteiger partial charge >= 0.3 is 23.9 Å². The summed E-state index contributed by atoms with van der Waals surface area (Å²) in [6.07, 6.45) is -4.62. The van der Waals surface area contributed by atoms with Crippen molar-refractivity contribution in [3.8, 4) is 0 Å². The molecule has 0 saturated carbocycles. The minimum atomic E-state index is -1.33.